The number of methoxy groups -OCH3 is 1. The lowest BCUT2D eigenvalue weighted by atomic mass is 9.89. The van der Waals surface area contributed by atoms with E-state index >= 15 is 0 Å². The number of carbonyl (C=O) groups is 1. The average Bonchev–Trinajstić information content (AvgIpc) is 2.30. The van der Waals surface area contributed by atoms with Crippen LogP contribution in [0.25, 0.3) is 0 Å². The number of nitrogens with one attached hydrogen (secondary N) is 2. The van der Waals surface area contributed by atoms with E-state index in [9.17, 15) is 4.79 Å². The number of amides is 1. The van der Waals surface area contributed by atoms with Crippen LogP contribution in [0.3, 0.4) is 0 Å². The van der Waals surface area contributed by atoms with E-state index in [1.807, 2.05) is 24.3 Å². The number of anilines is 1. The molecule has 1 saturated carbocycles. The Balaban J connectivity index is 1.68. The zero-order chi connectivity index (χ0) is 13.0. The average molecular weight is 313 g/mol. The predicted molar refractivity (Wildman–Crippen MR) is 74.6 cm³/mol. The Hall–Kier alpha value is -0.910. The summed E-state index contributed by atoms with van der Waals surface area (Å²) in [5.41, 5.74) is 0.813. The lowest BCUT2D eigenvalue weighted by Gasteiger charge is -2.34. The zero-order valence-corrected chi connectivity index (χ0v) is 11.9. The van der Waals surface area contributed by atoms with E-state index in [2.05, 4.69) is 26.6 Å². The zero-order valence-electron chi connectivity index (χ0n) is 10.3. The summed E-state index contributed by atoms with van der Waals surface area (Å²) in [6.45, 7) is 0.344. The lowest BCUT2D eigenvalue weighted by molar-refractivity contribution is -0.115. The number of hydrogen-bond acceptors (Lipinski definition) is 3. The van der Waals surface area contributed by atoms with Gasteiger partial charge in [0.1, 0.15) is 0 Å². The molecule has 98 valence electrons. The van der Waals surface area contributed by atoms with Gasteiger partial charge in [-0.05, 0) is 37.1 Å². The quantitative estimate of drug-likeness (QED) is 0.876. The van der Waals surface area contributed by atoms with E-state index in [1.54, 1.807) is 7.11 Å². The molecule has 1 aliphatic rings. The van der Waals surface area contributed by atoms with Crippen molar-refractivity contribution in [2.75, 3.05) is 19.0 Å². The number of halogens is 1. The first kappa shape index (κ1) is 13.5. The molecule has 0 heterocycles. The van der Waals surface area contributed by atoms with Crippen LogP contribution in [0.4, 0.5) is 5.69 Å². The van der Waals surface area contributed by atoms with E-state index in [0.717, 1.165) is 23.0 Å². The first-order valence-corrected chi connectivity index (χ1v) is 6.78. The number of benzene rings is 1. The van der Waals surface area contributed by atoms with Crippen molar-refractivity contribution < 1.29 is 9.53 Å². The summed E-state index contributed by atoms with van der Waals surface area (Å²) in [5.74, 6) is -0.0156. The van der Waals surface area contributed by atoms with Gasteiger partial charge in [0, 0.05) is 23.3 Å². The third kappa shape index (κ3) is 3.80. The van der Waals surface area contributed by atoms with Gasteiger partial charge in [0.25, 0.3) is 0 Å². The molecular weight excluding hydrogens is 296 g/mol. The number of rotatable bonds is 5. The second kappa shape index (κ2) is 6.31. The Labute approximate surface area is 115 Å². The molecule has 0 atom stereocenters. The fourth-order valence-corrected chi connectivity index (χ4v) is 2.16. The Morgan fingerprint density at radius 3 is 2.67 bits per heavy atom. The Kier molecular flexibility index (Phi) is 4.74. The molecule has 2 rings (SSSR count). The van der Waals surface area contributed by atoms with Crippen molar-refractivity contribution in [1.29, 1.82) is 0 Å². The van der Waals surface area contributed by atoms with Crippen LogP contribution < -0.4 is 10.6 Å². The van der Waals surface area contributed by atoms with Crippen molar-refractivity contribution in [3.63, 3.8) is 0 Å². The highest BCUT2D eigenvalue weighted by atomic mass is 79.9. The standard InChI is InChI=1S/C13H17BrN2O2/c1-18-12-6-11(7-12)15-8-13(17)16-10-4-2-9(14)3-5-10/h2-5,11-12,15H,6-8H2,1H3,(H,16,17). The number of hydrogen-bond donors (Lipinski definition) is 2. The van der Waals surface area contributed by atoms with Gasteiger partial charge >= 0.3 is 0 Å². The molecule has 0 bridgehead atoms. The lowest BCUT2D eigenvalue weighted by Crippen LogP contribution is -2.47. The molecule has 1 fully saturated rings. The molecule has 2 N–H and O–H groups in total. The Bertz CT molecular complexity index is 402. The number of ether oxygens (including phenoxy) is 1. The van der Waals surface area contributed by atoms with Crippen LogP contribution in [-0.2, 0) is 9.53 Å². The van der Waals surface area contributed by atoms with E-state index in [1.165, 1.54) is 0 Å². The van der Waals surface area contributed by atoms with Crippen molar-refractivity contribution in [2.45, 2.75) is 25.0 Å². The Morgan fingerprint density at radius 2 is 2.06 bits per heavy atom. The molecule has 18 heavy (non-hydrogen) atoms. The van der Waals surface area contributed by atoms with Crippen molar-refractivity contribution in [1.82, 2.24) is 5.32 Å². The molecule has 0 spiro atoms. The van der Waals surface area contributed by atoms with E-state index in [0.29, 0.717) is 18.7 Å². The molecule has 1 aromatic carbocycles. The summed E-state index contributed by atoms with van der Waals surface area (Å²) in [6, 6.07) is 7.94. The van der Waals surface area contributed by atoms with Crippen molar-refractivity contribution in [3.05, 3.63) is 28.7 Å². The summed E-state index contributed by atoms with van der Waals surface area (Å²) >= 11 is 3.35. The molecule has 0 aliphatic heterocycles. The fourth-order valence-electron chi connectivity index (χ4n) is 1.90. The van der Waals surface area contributed by atoms with Crippen LogP contribution in [0.1, 0.15) is 12.8 Å². The minimum Gasteiger partial charge on any atom is -0.381 e. The molecule has 0 aromatic heterocycles. The Morgan fingerprint density at radius 1 is 1.39 bits per heavy atom. The van der Waals surface area contributed by atoms with Crippen LogP contribution >= 0.6 is 15.9 Å². The van der Waals surface area contributed by atoms with Gasteiger partial charge in [-0.25, -0.2) is 0 Å². The summed E-state index contributed by atoms with van der Waals surface area (Å²) in [5, 5.41) is 6.06. The first-order valence-electron chi connectivity index (χ1n) is 5.99. The minimum absolute atomic E-state index is 0.0156. The van der Waals surface area contributed by atoms with Gasteiger partial charge in [-0.15, -0.1) is 0 Å². The van der Waals surface area contributed by atoms with Crippen LogP contribution in [0, 0.1) is 0 Å². The maximum Gasteiger partial charge on any atom is 0.238 e. The van der Waals surface area contributed by atoms with Crippen LogP contribution in [0.2, 0.25) is 0 Å². The smallest absolute Gasteiger partial charge is 0.238 e. The predicted octanol–water partition coefficient (Wildman–Crippen LogP) is 2.15. The molecule has 0 saturated heterocycles. The molecule has 1 aromatic rings. The third-order valence-corrected chi connectivity index (χ3v) is 3.64. The van der Waals surface area contributed by atoms with Crippen LogP contribution in [0.5, 0.6) is 0 Å². The van der Waals surface area contributed by atoms with Gasteiger partial charge in [0.15, 0.2) is 0 Å². The van der Waals surface area contributed by atoms with Crippen LogP contribution in [0.15, 0.2) is 28.7 Å². The molecule has 5 heteroatoms. The summed E-state index contributed by atoms with van der Waals surface area (Å²) in [7, 11) is 1.72. The van der Waals surface area contributed by atoms with E-state index in [-0.39, 0.29) is 5.91 Å². The normalized spacial score (nSPS) is 22.3. The highest BCUT2D eigenvalue weighted by molar-refractivity contribution is 9.10. The van der Waals surface area contributed by atoms with E-state index < -0.39 is 0 Å². The fraction of sp³-hybridized carbons (Fsp3) is 0.462. The summed E-state index contributed by atoms with van der Waals surface area (Å²) < 4.78 is 6.18. The number of carbonyl (C=O) groups excluding carboxylic acids is 1. The van der Waals surface area contributed by atoms with Gasteiger partial charge in [-0.1, -0.05) is 15.9 Å². The molecule has 4 nitrogen and oxygen atoms in total. The second-order valence-corrected chi connectivity index (χ2v) is 5.38. The van der Waals surface area contributed by atoms with Gasteiger partial charge in [-0.3, -0.25) is 4.79 Å². The van der Waals surface area contributed by atoms with Gasteiger partial charge in [-0.2, -0.15) is 0 Å². The van der Waals surface area contributed by atoms with Gasteiger partial charge in [0.2, 0.25) is 5.91 Å². The first-order chi connectivity index (χ1) is 8.67. The second-order valence-electron chi connectivity index (χ2n) is 4.46. The molecule has 0 radical (unpaired) electrons. The largest absolute Gasteiger partial charge is 0.381 e. The maximum absolute atomic E-state index is 11.7. The van der Waals surface area contributed by atoms with Crippen molar-refractivity contribution in [3.8, 4) is 0 Å². The summed E-state index contributed by atoms with van der Waals surface area (Å²) in [6.07, 6.45) is 2.33. The summed E-state index contributed by atoms with van der Waals surface area (Å²) in [4.78, 5) is 11.7. The maximum atomic E-state index is 11.7. The molecule has 1 amide bonds. The topological polar surface area (TPSA) is 50.4 Å². The molecular formula is C13H17BrN2O2. The van der Waals surface area contributed by atoms with Gasteiger partial charge < -0.3 is 15.4 Å². The molecule has 0 unspecified atom stereocenters. The minimum atomic E-state index is -0.0156. The third-order valence-electron chi connectivity index (χ3n) is 3.11. The SMILES string of the molecule is COC1CC(NCC(=O)Nc2ccc(Br)cc2)C1. The van der Waals surface area contributed by atoms with Crippen molar-refractivity contribution >= 4 is 27.5 Å². The highest BCUT2D eigenvalue weighted by Gasteiger charge is 2.28. The van der Waals surface area contributed by atoms with Gasteiger partial charge in [0.05, 0.1) is 12.6 Å². The van der Waals surface area contributed by atoms with Crippen LogP contribution in [-0.4, -0.2) is 31.7 Å². The monoisotopic (exact) mass is 312 g/mol. The van der Waals surface area contributed by atoms with Crippen molar-refractivity contribution in [2.24, 2.45) is 0 Å². The highest BCUT2D eigenvalue weighted by Crippen LogP contribution is 2.22. The molecule has 1 aliphatic carbocycles. The van der Waals surface area contributed by atoms with E-state index in [4.69, 9.17) is 4.74 Å².